The van der Waals surface area contributed by atoms with Crippen molar-refractivity contribution in [3.63, 3.8) is 0 Å². The number of aromatic nitrogens is 2. The lowest BCUT2D eigenvalue weighted by molar-refractivity contribution is 0.846. The highest BCUT2D eigenvalue weighted by Crippen LogP contribution is 2.22. The highest BCUT2D eigenvalue weighted by Gasteiger charge is 2.09. The maximum atomic E-state index is 5.80. The maximum absolute atomic E-state index is 5.80. The Morgan fingerprint density at radius 3 is 2.88 bits per heavy atom. The zero-order valence-corrected chi connectivity index (χ0v) is 10.6. The highest BCUT2D eigenvalue weighted by molar-refractivity contribution is 7.07. The van der Waals surface area contributed by atoms with E-state index in [0.29, 0.717) is 5.15 Å². The predicted molar refractivity (Wildman–Crippen MR) is 68.1 cm³/mol. The van der Waals surface area contributed by atoms with Crippen molar-refractivity contribution in [2.45, 2.75) is 19.9 Å². The monoisotopic (exact) mass is 253 g/mol. The van der Waals surface area contributed by atoms with Gasteiger partial charge in [-0.1, -0.05) is 11.6 Å². The minimum Gasteiger partial charge on any atom is -0.375 e. The van der Waals surface area contributed by atoms with Crippen LogP contribution in [0.1, 0.15) is 24.4 Å². The van der Waals surface area contributed by atoms with E-state index < -0.39 is 0 Å². The van der Waals surface area contributed by atoms with Crippen LogP contribution in [0.5, 0.6) is 0 Å². The molecule has 16 heavy (non-hydrogen) atoms. The fourth-order valence-electron chi connectivity index (χ4n) is 1.43. The molecule has 5 heteroatoms. The highest BCUT2D eigenvalue weighted by atomic mass is 35.5. The molecule has 0 fully saturated rings. The van der Waals surface area contributed by atoms with Crippen LogP contribution in [-0.2, 0) is 0 Å². The van der Waals surface area contributed by atoms with Gasteiger partial charge in [0.25, 0.3) is 0 Å². The van der Waals surface area contributed by atoms with E-state index >= 15 is 0 Å². The topological polar surface area (TPSA) is 37.8 Å². The average Bonchev–Trinajstić information content (AvgIpc) is 2.75. The Labute approximate surface area is 104 Å². The molecule has 0 spiro atoms. The molecule has 1 atom stereocenters. The molecule has 0 aromatic carbocycles. The van der Waals surface area contributed by atoms with Gasteiger partial charge < -0.3 is 5.32 Å². The lowest BCUT2D eigenvalue weighted by atomic mass is 10.2. The first-order chi connectivity index (χ1) is 7.66. The second-order valence-electron chi connectivity index (χ2n) is 3.55. The number of halogens is 1. The molecular formula is C11H12ClN3S. The number of nitrogens with one attached hydrogen (secondary N) is 1. The standard InChI is InChI=1S/C11H12ClN3S/c1-7-9(3-4-11(12)15-7)14-8(2)10-5-16-6-13-10/h3-6,8,14H,1-2H3. The zero-order chi connectivity index (χ0) is 11.5. The van der Waals surface area contributed by atoms with Gasteiger partial charge in [-0.05, 0) is 26.0 Å². The molecule has 0 radical (unpaired) electrons. The van der Waals surface area contributed by atoms with Crippen LogP contribution in [0.2, 0.25) is 5.15 Å². The van der Waals surface area contributed by atoms with Crippen LogP contribution < -0.4 is 5.32 Å². The SMILES string of the molecule is Cc1nc(Cl)ccc1NC(C)c1cscn1. The van der Waals surface area contributed by atoms with Crippen molar-refractivity contribution < 1.29 is 0 Å². The lowest BCUT2D eigenvalue weighted by Crippen LogP contribution is -2.08. The molecule has 84 valence electrons. The van der Waals surface area contributed by atoms with Crippen LogP contribution in [0.15, 0.2) is 23.0 Å². The van der Waals surface area contributed by atoms with Gasteiger partial charge in [0.1, 0.15) is 5.15 Å². The summed E-state index contributed by atoms with van der Waals surface area (Å²) in [7, 11) is 0. The molecule has 2 aromatic heterocycles. The molecule has 3 nitrogen and oxygen atoms in total. The summed E-state index contributed by atoms with van der Waals surface area (Å²) in [6, 6.07) is 3.89. The van der Waals surface area contributed by atoms with Gasteiger partial charge in [-0.3, -0.25) is 0 Å². The van der Waals surface area contributed by atoms with Gasteiger partial charge in [-0.25, -0.2) is 9.97 Å². The number of nitrogens with zero attached hydrogens (tertiary/aromatic N) is 2. The number of hydrogen-bond donors (Lipinski definition) is 1. The largest absolute Gasteiger partial charge is 0.375 e. The van der Waals surface area contributed by atoms with E-state index in [4.69, 9.17) is 11.6 Å². The Morgan fingerprint density at radius 1 is 1.44 bits per heavy atom. The number of anilines is 1. The summed E-state index contributed by atoms with van der Waals surface area (Å²) >= 11 is 7.40. The van der Waals surface area contributed by atoms with E-state index in [0.717, 1.165) is 17.1 Å². The Balaban J connectivity index is 2.15. The number of rotatable bonds is 3. The Hall–Kier alpha value is -1.13. The van der Waals surface area contributed by atoms with Gasteiger partial charge >= 0.3 is 0 Å². The first-order valence-corrected chi connectivity index (χ1v) is 6.26. The van der Waals surface area contributed by atoms with E-state index in [1.807, 2.05) is 23.9 Å². The summed E-state index contributed by atoms with van der Waals surface area (Å²) < 4.78 is 0. The quantitative estimate of drug-likeness (QED) is 0.848. The molecule has 2 aromatic rings. The van der Waals surface area contributed by atoms with Gasteiger partial charge in [-0.15, -0.1) is 11.3 Å². The number of aryl methyl sites for hydroxylation is 1. The summed E-state index contributed by atoms with van der Waals surface area (Å²) in [5, 5.41) is 5.92. The number of thiazole rings is 1. The third-order valence-electron chi connectivity index (χ3n) is 2.32. The number of hydrogen-bond acceptors (Lipinski definition) is 4. The molecule has 1 unspecified atom stereocenters. The van der Waals surface area contributed by atoms with Crippen LogP contribution >= 0.6 is 22.9 Å². The van der Waals surface area contributed by atoms with Crippen LogP contribution in [0.3, 0.4) is 0 Å². The van der Waals surface area contributed by atoms with E-state index in [9.17, 15) is 0 Å². The van der Waals surface area contributed by atoms with Gasteiger partial charge in [0.2, 0.25) is 0 Å². The molecule has 0 aliphatic heterocycles. The fourth-order valence-corrected chi connectivity index (χ4v) is 2.26. The molecule has 0 bridgehead atoms. The summed E-state index contributed by atoms with van der Waals surface area (Å²) in [5.74, 6) is 0. The Kier molecular flexibility index (Phi) is 3.41. The lowest BCUT2D eigenvalue weighted by Gasteiger charge is -2.14. The van der Waals surface area contributed by atoms with Gasteiger partial charge in [0.15, 0.2) is 0 Å². The van der Waals surface area contributed by atoms with E-state index in [2.05, 4.69) is 22.2 Å². The molecular weight excluding hydrogens is 242 g/mol. The van der Waals surface area contributed by atoms with Crippen LogP contribution in [-0.4, -0.2) is 9.97 Å². The van der Waals surface area contributed by atoms with Gasteiger partial charge in [0.05, 0.1) is 28.6 Å². The molecule has 0 aliphatic rings. The minimum atomic E-state index is 0.174. The fraction of sp³-hybridized carbons (Fsp3) is 0.273. The van der Waals surface area contributed by atoms with Crippen molar-refractivity contribution in [2.24, 2.45) is 0 Å². The Bertz CT molecular complexity index is 470. The van der Waals surface area contributed by atoms with Crippen LogP contribution in [0.4, 0.5) is 5.69 Å². The normalized spacial score (nSPS) is 12.4. The number of pyridine rings is 1. The van der Waals surface area contributed by atoms with E-state index in [1.54, 1.807) is 17.4 Å². The van der Waals surface area contributed by atoms with Gasteiger partial charge in [0, 0.05) is 5.38 Å². The van der Waals surface area contributed by atoms with E-state index in [1.165, 1.54) is 0 Å². The smallest absolute Gasteiger partial charge is 0.129 e. The Morgan fingerprint density at radius 2 is 2.25 bits per heavy atom. The second kappa shape index (κ2) is 4.80. The zero-order valence-electron chi connectivity index (χ0n) is 9.07. The van der Waals surface area contributed by atoms with Gasteiger partial charge in [-0.2, -0.15) is 0 Å². The van der Waals surface area contributed by atoms with Crippen LogP contribution in [0.25, 0.3) is 0 Å². The molecule has 1 N–H and O–H groups in total. The third-order valence-corrected chi connectivity index (χ3v) is 3.13. The molecule has 0 saturated heterocycles. The predicted octanol–water partition coefficient (Wildman–Crippen LogP) is 3.67. The van der Waals surface area contributed by atoms with Crippen LogP contribution in [0, 0.1) is 6.92 Å². The van der Waals surface area contributed by atoms with Crippen molar-refractivity contribution in [3.05, 3.63) is 39.6 Å². The van der Waals surface area contributed by atoms with Crippen molar-refractivity contribution in [1.82, 2.24) is 9.97 Å². The molecule has 0 aliphatic carbocycles. The summed E-state index contributed by atoms with van der Waals surface area (Å²) in [6.07, 6.45) is 0. The summed E-state index contributed by atoms with van der Waals surface area (Å²) in [5.41, 5.74) is 4.76. The second-order valence-corrected chi connectivity index (χ2v) is 4.65. The first kappa shape index (κ1) is 11.4. The summed E-state index contributed by atoms with van der Waals surface area (Å²) in [6.45, 7) is 4.01. The van der Waals surface area contributed by atoms with Crippen molar-refractivity contribution >= 4 is 28.6 Å². The molecule has 2 heterocycles. The average molecular weight is 254 g/mol. The van der Waals surface area contributed by atoms with E-state index in [-0.39, 0.29) is 6.04 Å². The minimum absolute atomic E-state index is 0.174. The third kappa shape index (κ3) is 2.51. The first-order valence-electron chi connectivity index (χ1n) is 4.94. The maximum Gasteiger partial charge on any atom is 0.129 e. The molecule has 0 amide bonds. The summed E-state index contributed by atoms with van der Waals surface area (Å²) in [4.78, 5) is 8.46. The van der Waals surface area contributed by atoms with Crippen molar-refractivity contribution in [1.29, 1.82) is 0 Å². The molecule has 2 rings (SSSR count). The van der Waals surface area contributed by atoms with Crippen molar-refractivity contribution in [3.8, 4) is 0 Å². The van der Waals surface area contributed by atoms with Crippen molar-refractivity contribution in [2.75, 3.05) is 5.32 Å². The molecule has 0 saturated carbocycles.